The van der Waals surface area contributed by atoms with Gasteiger partial charge in [-0.1, -0.05) is 17.2 Å². The number of nitrogens with one attached hydrogen (secondary N) is 1. The third-order valence-electron chi connectivity index (χ3n) is 3.73. The van der Waals surface area contributed by atoms with Crippen molar-refractivity contribution in [1.29, 1.82) is 0 Å². The van der Waals surface area contributed by atoms with Gasteiger partial charge in [0, 0.05) is 6.04 Å². The van der Waals surface area contributed by atoms with Crippen LogP contribution in [-0.2, 0) is 0 Å². The van der Waals surface area contributed by atoms with Crippen LogP contribution in [0.3, 0.4) is 0 Å². The Labute approximate surface area is 119 Å². The highest BCUT2D eigenvalue weighted by Crippen LogP contribution is 2.35. The summed E-state index contributed by atoms with van der Waals surface area (Å²) in [5.74, 6) is -0.608. The number of alkyl halides is 2. The zero-order valence-corrected chi connectivity index (χ0v) is 11.1. The number of anilines is 1. The van der Waals surface area contributed by atoms with Gasteiger partial charge in [-0.05, 0) is 42.9 Å². The normalized spacial score (nSPS) is 21.9. The SMILES string of the molecule is Fc1ccc(C2CCC(Nc3nnc(C(F)F)o3)C2)cc1. The van der Waals surface area contributed by atoms with Crippen LogP contribution in [0.15, 0.2) is 28.7 Å². The fourth-order valence-electron chi connectivity index (χ4n) is 2.71. The third kappa shape index (κ3) is 3.17. The second-order valence-electron chi connectivity index (χ2n) is 5.15. The Kier molecular flexibility index (Phi) is 3.81. The van der Waals surface area contributed by atoms with Gasteiger partial charge < -0.3 is 9.73 Å². The first-order chi connectivity index (χ1) is 10.1. The number of aromatic nitrogens is 2. The second kappa shape index (κ2) is 5.75. The van der Waals surface area contributed by atoms with E-state index in [0.717, 1.165) is 24.8 Å². The summed E-state index contributed by atoms with van der Waals surface area (Å²) in [6.45, 7) is 0. The van der Waals surface area contributed by atoms with Crippen molar-refractivity contribution in [3.63, 3.8) is 0 Å². The molecule has 2 atom stereocenters. The van der Waals surface area contributed by atoms with Gasteiger partial charge in [0.05, 0.1) is 0 Å². The Morgan fingerprint density at radius 3 is 2.57 bits per heavy atom. The zero-order chi connectivity index (χ0) is 14.8. The summed E-state index contributed by atoms with van der Waals surface area (Å²) in [5, 5.41) is 9.81. The lowest BCUT2D eigenvalue weighted by Gasteiger charge is -2.12. The van der Waals surface area contributed by atoms with E-state index < -0.39 is 12.3 Å². The van der Waals surface area contributed by atoms with Crippen LogP contribution in [0, 0.1) is 5.82 Å². The second-order valence-corrected chi connectivity index (χ2v) is 5.15. The number of hydrogen-bond donors (Lipinski definition) is 1. The smallest absolute Gasteiger partial charge is 0.315 e. The van der Waals surface area contributed by atoms with Gasteiger partial charge in [-0.25, -0.2) is 4.39 Å². The molecule has 0 bridgehead atoms. The van der Waals surface area contributed by atoms with Crippen molar-refractivity contribution in [2.45, 2.75) is 37.6 Å². The van der Waals surface area contributed by atoms with Gasteiger partial charge >= 0.3 is 12.4 Å². The zero-order valence-electron chi connectivity index (χ0n) is 11.1. The van der Waals surface area contributed by atoms with Gasteiger partial charge in [0.25, 0.3) is 5.89 Å². The summed E-state index contributed by atoms with van der Waals surface area (Å²) in [5.41, 5.74) is 1.08. The fourth-order valence-corrected chi connectivity index (χ4v) is 2.71. The molecule has 1 saturated carbocycles. The Morgan fingerprint density at radius 1 is 1.14 bits per heavy atom. The van der Waals surface area contributed by atoms with Crippen molar-refractivity contribution in [3.05, 3.63) is 41.5 Å². The topological polar surface area (TPSA) is 51.0 Å². The molecule has 0 aliphatic heterocycles. The lowest BCUT2D eigenvalue weighted by molar-refractivity contribution is 0.116. The van der Waals surface area contributed by atoms with Gasteiger partial charge in [-0.15, -0.1) is 5.10 Å². The maximum Gasteiger partial charge on any atom is 0.315 e. The molecule has 0 amide bonds. The summed E-state index contributed by atoms with van der Waals surface area (Å²) in [6, 6.07) is 6.57. The van der Waals surface area contributed by atoms with Crippen LogP contribution in [-0.4, -0.2) is 16.2 Å². The predicted octanol–water partition coefficient (Wildman–Crippen LogP) is 3.89. The minimum absolute atomic E-state index is 0.0232. The van der Waals surface area contributed by atoms with E-state index >= 15 is 0 Å². The summed E-state index contributed by atoms with van der Waals surface area (Å²) in [6.07, 6.45) is -0.130. The molecule has 0 radical (unpaired) electrons. The highest BCUT2D eigenvalue weighted by Gasteiger charge is 2.27. The summed E-state index contributed by atoms with van der Waals surface area (Å²) < 4.78 is 42.4. The fraction of sp³-hybridized carbons (Fsp3) is 0.429. The number of nitrogens with zero attached hydrogens (tertiary/aromatic N) is 2. The first-order valence-electron chi connectivity index (χ1n) is 6.75. The van der Waals surface area contributed by atoms with Crippen LogP contribution in [0.5, 0.6) is 0 Å². The van der Waals surface area contributed by atoms with E-state index in [-0.39, 0.29) is 17.9 Å². The molecular formula is C14H14F3N3O. The van der Waals surface area contributed by atoms with Crippen molar-refractivity contribution in [1.82, 2.24) is 10.2 Å². The Bertz CT molecular complexity index is 600. The first-order valence-corrected chi connectivity index (χ1v) is 6.75. The van der Waals surface area contributed by atoms with Gasteiger partial charge in [-0.2, -0.15) is 8.78 Å². The molecule has 3 rings (SSSR count). The summed E-state index contributed by atoms with van der Waals surface area (Å²) in [4.78, 5) is 0. The van der Waals surface area contributed by atoms with E-state index in [4.69, 9.17) is 4.42 Å². The highest BCUT2D eigenvalue weighted by molar-refractivity contribution is 5.26. The summed E-state index contributed by atoms with van der Waals surface area (Å²) in [7, 11) is 0. The van der Waals surface area contributed by atoms with Crippen LogP contribution in [0.25, 0.3) is 0 Å². The van der Waals surface area contributed by atoms with Crippen molar-refractivity contribution < 1.29 is 17.6 Å². The Hall–Kier alpha value is -2.05. The first kappa shape index (κ1) is 13.9. The van der Waals surface area contributed by atoms with Crippen LogP contribution in [0.1, 0.15) is 43.1 Å². The number of rotatable bonds is 4. The molecule has 1 aromatic heterocycles. The van der Waals surface area contributed by atoms with Gasteiger partial charge in [0.15, 0.2) is 0 Å². The van der Waals surface area contributed by atoms with Gasteiger partial charge in [0.2, 0.25) is 0 Å². The van der Waals surface area contributed by atoms with E-state index in [0.29, 0.717) is 5.92 Å². The molecule has 2 aromatic rings. The molecule has 1 N–H and O–H groups in total. The van der Waals surface area contributed by atoms with E-state index in [1.54, 1.807) is 12.1 Å². The molecule has 21 heavy (non-hydrogen) atoms. The van der Waals surface area contributed by atoms with Gasteiger partial charge in [-0.3, -0.25) is 0 Å². The molecule has 0 spiro atoms. The maximum atomic E-state index is 12.9. The van der Waals surface area contributed by atoms with Crippen molar-refractivity contribution in [2.24, 2.45) is 0 Å². The quantitative estimate of drug-likeness (QED) is 0.930. The Balaban J connectivity index is 1.60. The molecular weight excluding hydrogens is 283 g/mol. The standard InChI is InChI=1S/C14H14F3N3O/c15-10-4-1-8(2-5-10)9-3-6-11(7-9)18-14-20-19-13(21-14)12(16)17/h1-2,4-5,9,11-12H,3,6-7H2,(H,18,20). The average molecular weight is 297 g/mol. The molecule has 1 aliphatic carbocycles. The van der Waals surface area contributed by atoms with Crippen molar-refractivity contribution in [3.8, 4) is 0 Å². The molecule has 1 aromatic carbocycles. The van der Waals surface area contributed by atoms with Crippen molar-refractivity contribution in [2.75, 3.05) is 5.32 Å². The van der Waals surface area contributed by atoms with Gasteiger partial charge in [0.1, 0.15) is 5.82 Å². The number of benzene rings is 1. The monoisotopic (exact) mass is 297 g/mol. The molecule has 1 fully saturated rings. The van der Waals surface area contributed by atoms with Crippen LogP contribution >= 0.6 is 0 Å². The highest BCUT2D eigenvalue weighted by atomic mass is 19.3. The molecule has 1 heterocycles. The van der Waals surface area contributed by atoms with Crippen LogP contribution < -0.4 is 5.32 Å². The summed E-state index contributed by atoms with van der Waals surface area (Å²) >= 11 is 0. The maximum absolute atomic E-state index is 12.9. The van der Waals surface area contributed by atoms with E-state index in [1.165, 1.54) is 12.1 Å². The molecule has 4 nitrogen and oxygen atoms in total. The molecule has 7 heteroatoms. The number of hydrogen-bond acceptors (Lipinski definition) is 4. The molecule has 2 unspecified atom stereocenters. The lowest BCUT2D eigenvalue weighted by Crippen LogP contribution is -2.15. The Morgan fingerprint density at radius 2 is 1.90 bits per heavy atom. The predicted molar refractivity (Wildman–Crippen MR) is 69.7 cm³/mol. The molecule has 0 saturated heterocycles. The van der Waals surface area contributed by atoms with E-state index in [9.17, 15) is 13.2 Å². The minimum atomic E-state index is -2.76. The molecule has 1 aliphatic rings. The van der Waals surface area contributed by atoms with Crippen molar-refractivity contribution >= 4 is 6.01 Å². The van der Waals surface area contributed by atoms with Crippen LogP contribution in [0.4, 0.5) is 19.2 Å². The van der Waals surface area contributed by atoms with Crippen LogP contribution in [0.2, 0.25) is 0 Å². The lowest BCUT2D eigenvalue weighted by atomic mass is 9.97. The van der Waals surface area contributed by atoms with E-state index in [1.807, 2.05) is 0 Å². The largest absolute Gasteiger partial charge is 0.402 e. The van der Waals surface area contributed by atoms with E-state index in [2.05, 4.69) is 15.5 Å². The average Bonchev–Trinajstić information content (AvgIpc) is 3.10. The molecule has 112 valence electrons. The minimum Gasteiger partial charge on any atom is -0.402 e. The number of halogens is 3. The third-order valence-corrected chi connectivity index (χ3v) is 3.73.